The maximum Gasteiger partial charge on any atom is 0.256 e. The van der Waals surface area contributed by atoms with Crippen molar-refractivity contribution in [3.8, 4) is 0 Å². The fourth-order valence-electron chi connectivity index (χ4n) is 2.67. The molecule has 3 nitrogen and oxygen atoms in total. The molecular weight excluding hydrogens is 260 g/mol. The minimum atomic E-state index is -0.116. The first-order valence-electron chi connectivity index (χ1n) is 7.05. The van der Waals surface area contributed by atoms with E-state index in [1.807, 2.05) is 33.8 Å². The molecule has 0 aliphatic carbocycles. The van der Waals surface area contributed by atoms with Gasteiger partial charge in [-0.05, 0) is 62.9 Å². The largest absolute Gasteiger partial charge is 0.398 e. The Kier molecular flexibility index (Phi) is 4.03. The van der Waals surface area contributed by atoms with E-state index >= 15 is 0 Å². The van der Waals surface area contributed by atoms with E-state index in [0.29, 0.717) is 11.3 Å². The quantitative estimate of drug-likeness (QED) is 0.816. The summed E-state index contributed by atoms with van der Waals surface area (Å²) in [6.45, 7) is 9.93. The van der Waals surface area contributed by atoms with E-state index in [2.05, 4.69) is 24.4 Å². The molecule has 2 aromatic rings. The maximum absolute atomic E-state index is 12.5. The lowest BCUT2D eigenvalue weighted by molar-refractivity contribution is 0.102. The lowest BCUT2D eigenvalue weighted by Gasteiger charge is -2.14. The number of amides is 1. The highest BCUT2D eigenvalue weighted by Crippen LogP contribution is 2.24. The third-order valence-electron chi connectivity index (χ3n) is 3.77. The van der Waals surface area contributed by atoms with Crippen LogP contribution in [0.15, 0.2) is 24.3 Å². The molecular formula is C18H22N2O. The van der Waals surface area contributed by atoms with Crippen LogP contribution in [-0.4, -0.2) is 5.91 Å². The van der Waals surface area contributed by atoms with Gasteiger partial charge in [0, 0.05) is 16.9 Å². The molecule has 0 unspecified atom stereocenters. The van der Waals surface area contributed by atoms with E-state index in [9.17, 15) is 4.79 Å². The molecule has 0 aliphatic rings. The number of carbonyl (C=O) groups is 1. The first kappa shape index (κ1) is 15.1. The average molecular weight is 282 g/mol. The second-order valence-electron chi connectivity index (χ2n) is 5.75. The number of hydrogen-bond acceptors (Lipinski definition) is 2. The number of nitrogens with one attached hydrogen (secondary N) is 1. The normalized spacial score (nSPS) is 10.5. The summed E-state index contributed by atoms with van der Waals surface area (Å²) in [5.41, 5.74) is 13.3. The van der Waals surface area contributed by atoms with Crippen LogP contribution >= 0.6 is 0 Å². The topological polar surface area (TPSA) is 55.1 Å². The molecule has 21 heavy (non-hydrogen) atoms. The summed E-state index contributed by atoms with van der Waals surface area (Å²) >= 11 is 0. The summed E-state index contributed by atoms with van der Waals surface area (Å²) in [4.78, 5) is 12.5. The van der Waals surface area contributed by atoms with Crippen molar-refractivity contribution in [2.45, 2.75) is 34.6 Å². The molecule has 0 spiro atoms. The minimum Gasteiger partial charge on any atom is -0.398 e. The number of nitrogens with two attached hydrogens (primary N) is 1. The van der Waals surface area contributed by atoms with E-state index in [0.717, 1.165) is 27.9 Å². The molecule has 0 aromatic heterocycles. The molecule has 0 heterocycles. The second kappa shape index (κ2) is 5.60. The third kappa shape index (κ3) is 3.07. The van der Waals surface area contributed by atoms with Crippen molar-refractivity contribution in [1.82, 2.24) is 0 Å². The summed E-state index contributed by atoms with van der Waals surface area (Å²) in [6.07, 6.45) is 0. The van der Waals surface area contributed by atoms with Crippen LogP contribution in [-0.2, 0) is 0 Å². The van der Waals surface area contributed by atoms with Gasteiger partial charge in [-0.15, -0.1) is 0 Å². The lowest BCUT2D eigenvalue weighted by Crippen LogP contribution is -2.16. The number of rotatable bonds is 2. The fraction of sp³-hybridized carbons (Fsp3) is 0.278. The van der Waals surface area contributed by atoms with Gasteiger partial charge >= 0.3 is 0 Å². The van der Waals surface area contributed by atoms with Crippen molar-refractivity contribution in [1.29, 1.82) is 0 Å². The number of hydrogen-bond donors (Lipinski definition) is 2. The van der Waals surface area contributed by atoms with E-state index in [1.165, 1.54) is 5.56 Å². The second-order valence-corrected chi connectivity index (χ2v) is 5.75. The standard InChI is InChI=1S/C18H22N2O/c1-10-6-13(4)17(14(5)7-10)20-18(21)15-9-16(19)12(3)8-11(15)2/h6-9H,19H2,1-5H3,(H,20,21). The zero-order valence-corrected chi connectivity index (χ0v) is 13.3. The third-order valence-corrected chi connectivity index (χ3v) is 3.77. The Hall–Kier alpha value is -2.29. The average Bonchev–Trinajstić information content (AvgIpc) is 2.37. The molecule has 2 rings (SSSR count). The first-order valence-corrected chi connectivity index (χ1v) is 7.05. The van der Waals surface area contributed by atoms with Crippen LogP contribution in [0.1, 0.15) is 38.2 Å². The molecule has 1 amide bonds. The molecule has 2 aromatic carbocycles. The monoisotopic (exact) mass is 282 g/mol. The molecule has 3 heteroatoms. The predicted molar refractivity (Wildman–Crippen MR) is 88.9 cm³/mol. The minimum absolute atomic E-state index is 0.116. The highest BCUT2D eigenvalue weighted by molar-refractivity contribution is 6.06. The van der Waals surface area contributed by atoms with Crippen molar-refractivity contribution in [2.24, 2.45) is 0 Å². The van der Waals surface area contributed by atoms with Crippen LogP contribution in [0.5, 0.6) is 0 Å². The van der Waals surface area contributed by atoms with Gasteiger partial charge in [-0.25, -0.2) is 0 Å². The number of carbonyl (C=O) groups excluding carboxylic acids is 1. The van der Waals surface area contributed by atoms with Crippen molar-refractivity contribution < 1.29 is 4.79 Å². The van der Waals surface area contributed by atoms with Gasteiger partial charge in [-0.1, -0.05) is 23.8 Å². The highest BCUT2D eigenvalue weighted by Gasteiger charge is 2.13. The Morgan fingerprint density at radius 2 is 1.43 bits per heavy atom. The van der Waals surface area contributed by atoms with Crippen LogP contribution < -0.4 is 11.1 Å². The SMILES string of the molecule is Cc1cc(C)c(NC(=O)c2cc(N)c(C)cc2C)c(C)c1. The van der Waals surface area contributed by atoms with Crippen molar-refractivity contribution in [3.05, 3.63) is 57.6 Å². The van der Waals surface area contributed by atoms with Crippen LogP contribution in [0.3, 0.4) is 0 Å². The van der Waals surface area contributed by atoms with Gasteiger partial charge in [0.25, 0.3) is 5.91 Å². The van der Waals surface area contributed by atoms with Gasteiger partial charge in [0.05, 0.1) is 0 Å². The van der Waals surface area contributed by atoms with E-state index < -0.39 is 0 Å². The van der Waals surface area contributed by atoms with E-state index in [4.69, 9.17) is 5.73 Å². The molecule has 0 radical (unpaired) electrons. The summed E-state index contributed by atoms with van der Waals surface area (Å²) in [7, 11) is 0. The molecule has 0 bridgehead atoms. The van der Waals surface area contributed by atoms with Gasteiger partial charge < -0.3 is 11.1 Å². The molecule has 0 fully saturated rings. The Balaban J connectivity index is 2.37. The zero-order chi connectivity index (χ0) is 15.7. The summed E-state index contributed by atoms with van der Waals surface area (Å²) in [5.74, 6) is -0.116. The summed E-state index contributed by atoms with van der Waals surface area (Å²) < 4.78 is 0. The molecule has 0 atom stereocenters. The van der Waals surface area contributed by atoms with Gasteiger partial charge in [0.1, 0.15) is 0 Å². The van der Waals surface area contributed by atoms with E-state index in [-0.39, 0.29) is 5.91 Å². The Bertz CT molecular complexity index is 694. The number of benzene rings is 2. The van der Waals surface area contributed by atoms with Crippen LogP contribution in [0, 0.1) is 34.6 Å². The van der Waals surface area contributed by atoms with Gasteiger partial charge in [-0.2, -0.15) is 0 Å². The summed E-state index contributed by atoms with van der Waals surface area (Å²) in [5, 5.41) is 3.02. The van der Waals surface area contributed by atoms with Gasteiger partial charge in [0.2, 0.25) is 0 Å². The maximum atomic E-state index is 12.5. The number of aryl methyl sites for hydroxylation is 5. The van der Waals surface area contributed by atoms with Crippen LogP contribution in [0.25, 0.3) is 0 Å². The Labute approximate surface area is 126 Å². The van der Waals surface area contributed by atoms with Crippen LogP contribution in [0.2, 0.25) is 0 Å². The van der Waals surface area contributed by atoms with Gasteiger partial charge in [-0.3, -0.25) is 4.79 Å². The molecule has 0 aliphatic heterocycles. The van der Waals surface area contributed by atoms with Gasteiger partial charge in [0.15, 0.2) is 0 Å². The van der Waals surface area contributed by atoms with Crippen LogP contribution in [0.4, 0.5) is 11.4 Å². The van der Waals surface area contributed by atoms with Crippen molar-refractivity contribution in [3.63, 3.8) is 0 Å². The first-order chi connectivity index (χ1) is 9.79. The Morgan fingerprint density at radius 1 is 0.857 bits per heavy atom. The van der Waals surface area contributed by atoms with Crippen molar-refractivity contribution >= 4 is 17.3 Å². The van der Waals surface area contributed by atoms with E-state index in [1.54, 1.807) is 6.07 Å². The Morgan fingerprint density at radius 3 is 2.00 bits per heavy atom. The summed E-state index contributed by atoms with van der Waals surface area (Å²) in [6, 6.07) is 7.83. The molecule has 0 saturated heterocycles. The smallest absolute Gasteiger partial charge is 0.256 e. The zero-order valence-electron chi connectivity index (χ0n) is 13.3. The number of anilines is 2. The molecule has 0 saturated carbocycles. The highest BCUT2D eigenvalue weighted by atomic mass is 16.1. The van der Waals surface area contributed by atoms with Crippen molar-refractivity contribution in [2.75, 3.05) is 11.1 Å². The number of nitrogen functional groups attached to an aromatic ring is 1. The molecule has 3 N–H and O–H groups in total. The predicted octanol–water partition coefficient (Wildman–Crippen LogP) is 4.06. The lowest BCUT2D eigenvalue weighted by atomic mass is 10.0. The fourth-order valence-corrected chi connectivity index (χ4v) is 2.67. The molecule has 110 valence electrons.